The van der Waals surface area contributed by atoms with E-state index in [1.807, 2.05) is 18.2 Å². The molecule has 0 radical (unpaired) electrons. The van der Waals surface area contributed by atoms with E-state index in [4.69, 9.17) is 0 Å². The predicted octanol–water partition coefficient (Wildman–Crippen LogP) is 4.74. The first-order valence-electron chi connectivity index (χ1n) is 10.2. The van der Waals surface area contributed by atoms with Crippen molar-refractivity contribution < 1.29 is 13.6 Å². The molecule has 2 aromatic carbocycles. The van der Waals surface area contributed by atoms with E-state index in [1.165, 1.54) is 12.5 Å². The Balaban J connectivity index is 1.39. The number of carbonyl (C=O) groups is 1. The summed E-state index contributed by atoms with van der Waals surface area (Å²) in [7, 11) is 0. The van der Waals surface area contributed by atoms with Crippen LogP contribution >= 0.6 is 0 Å². The second-order valence-corrected chi connectivity index (χ2v) is 7.59. The zero-order chi connectivity index (χ0) is 21.4. The van der Waals surface area contributed by atoms with Crippen LogP contribution in [-0.2, 0) is 13.0 Å². The van der Waals surface area contributed by atoms with E-state index < -0.39 is 12.2 Å². The largest absolute Gasteiger partial charge is 0.337 e. The first-order valence-corrected chi connectivity index (χ1v) is 10.2. The van der Waals surface area contributed by atoms with Gasteiger partial charge in [-0.15, -0.1) is 10.2 Å². The number of aryl methyl sites for hydroxylation is 1. The molecule has 158 valence electrons. The maximum absolute atomic E-state index is 12.8. The summed E-state index contributed by atoms with van der Waals surface area (Å²) >= 11 is 0. The summed E-state index contributed by atoms with van der Waals surface area (Å²) in [6, 6.07) is 12.1. The molecule has 0 saturated carbocycles. The van der Waals surface area contributed by atoms with Gasteiger partial charge >= 0.3 is 0 Å². The van der Waals surface area contributed by atoms with Gasteiger partial charge in [0.2, 0.25) is 0 Å². The van der Waals surface area contributed by atoms with E-state index >= 15 is 0 Å². The van der Waals surface area contributed by atoms with Crippen molar-refractivity contribution in [2.75, 3.05) is 5.32 Å². The minimum atomic E-state index is -2.69. The number of benzene rings is 2. The zero-order valence-corrected chi connectivity index (χ0v) is 16.6. The van der Waals surface area contributed by atoms with Gasteiger partial charge in [0.25, 0.3) is 12.3 Å². The second-order valence-electron chi connectivity index (χ2n) is 7.59. The smallest absolute Gasteiger partial charge is 0.295 e. The Morgan fingerprint density at radius 1 is 1.10 bits per heavy atom. The SMILES string of the molecule is O=C(Nc1cccc(-c2nnc3n2CCCCC3)c1)c1ccc2nc(C(F)F)[nH]c2c1. The third-order valence-corrected chi connectivity index (χ3v) is 5.46. The molecule has 31 heavy (non-hydrogen) atoms. The van der Waals surface area contributed by atoms with Crippen LogP contribution in [0.4, 0.5) is 14.5 Å². The van der Waals surface area contributed by atoms with Crippen LogP contribution < -0.4 is 5.32 Å². The number of hydrogen-bond donors (Lipinski definition) is 2. The van der Waals surface area contributed by atoms with Crippen molar-refractivity contribution in [2.24, 2.45) is 0 Å². The first kappa shape index (κ1) is 19.3. The molecule has 4 aromatic rings. The summed E-state index contributed by atoms with van der Waals surface area (Å²) in [5.41, 5.74) is 2.62. The average Bonchev–Trinajstić information content (AvgIpc) is 3.31. The molecule has 7 nitrogen and oxygen atoms in total. The summed E-state index contributed by atoms with van der Waals surface area (Å²) in [6.45, 7) is 0.888. The predicted molar refractivity (Wildman–Crippen MR) is 112 cm³/mol. The number of anilines is 1. The molecule has 1 aliphatic heterocycles. The van der Waals surface area contributed by atoms with Gasteiger partial charge in [-0.25, -0.2) is 13.8 Å². The van der Waals surface area contributed by atoms with Crippen molar-refractivity contribution in [2.45, 2.75) is 38.7 Å². The number of fused-ring (bicyclic) bond motifs is 2. The van der Waals surface area contributed by atoms with Gasteiger partial charge in [0.15, 0.2) is 11.6 Å². The Morgan fingerprint density at radius 2 is 2.00 bits per heavy atom. The van der Waals surface area contributed by atoms with E-state index in [1.54, 1.807) is 18.2 Å². The third kappa shape index (κ3) is 3.78. The summed E-state index contributed by atoms with van der Waals surface area (Å²) in [5, 5.41) is 11.6. The van der Waals surface area contributed by atoms with Crippen molar-refractivity contribution in [3.05, 3.63) is 59.7 Å². The van der Waals surface area contributed by atoms with Crippen LogP contribution in [0, 0.1) is 0 Å². The average molecular weight is 422 g/mol. The molecule has 0 bridgehead atoms. The highest BCUT2D eigenvalue weighted by Gasteiger charge is 2.17. The molecule has 0 aliphatic carbocycles. The number of carbonyl (C=O) groups excluding carboxylic acids is 1. The van der Waals surface area contributed by atoms with Crippen LogP contribution in [0.5, 0.6) is 0 Å². The lowest BCUT2D eigenvalue weighted by atomic mass is 10.1. The van der Waals surface area contributed by atoms with Crippen molar-refractivity contribution >= 4 is 22.6 Å². The monoisotopic (exact) mass is 422 g/mol. The molecule has 5 rings (SSSR count). The first-order chi connectivity index (χ1) is 15.1. The van der Waals surface area contributed by atoms with Crippen LogP contribution in [0.15, 0.2) is 42.5 Å². The lowest BCUT2D eigenvalue weighted by molar-refractivity contribution is 0.102. The summed E-state index contributed by atoms with van der Waals surface area (Å²) in [6.07, 6.45) is 1.62. The molecule has 9 heteroatoms. The number of alkyl halides is 2. The van der Waals surface area contributed by atoms with Gasteiger partial charge in [-0.05, 0) is 43.2 Å². The number of amides is 1. The molecule has 2 N–H and O–H groups in total. The molecule has 0 saturated heterocycles. The van der Waals surface area contributed by atoms with Gasteiger partial charge in [0, 0.05) is 29.8 Å². The van der Waals surface area contributed by atoms with Crippen LogP contribution in [0.25, 0.3) is 22.4 Å². The molecular formula is C22H20F2N6O. The summed E-state index contributed by atoms with van der Waals surface area (Å²) < 4.78 is 27.9. The minimum Gasteiger partial charge on any atom is -0.337 e. The Bertz CT molecular complexity index is 1260. The van der Waals surface area contributed by atoms with E-state index in [-0.39, 0.29) is 5.91 Å². The molecule has 0 spiro atoms. The number of nitrogens with zero attached hydrogens (tertiary/aromatic N) is 4. The summed E-state index contributed by atoms with van der Waals surface area (Å²) in [4.78, 5) is 19.1. The van der Waals surface area contributed by atoms with Gasteiger partial charge < -0.3 is 14.9 Å². The van der Waals surface area contributed by atoms with Gasteiger partial charge in [-0.3, -0.25) is 4.79 Å². The van der Waals surface area contributed by atoms with Crippen LogP contribution in [0.1, 0.15) is 47.7 Å². The molecule has 2 aromatic heterocycles. The van der Waals surface area contributed by atoms with E-state index in [9.17, 15) is 13.6 Å². The van der Waals surface area contributed by atoms with Gasteiger partial charge in [0.05, 0.1) is 11.0 Å². The normalized spacial score (nSPS) is 13.9. The van der Waals surface area contributed by atoms with Crippen molar-refractivity contribution in [1.82, 2.24) is 24.7 Å². The highest BCUT2D eigenvalue weighted by Crippen LogP contribution is 2.26. The lowest BCUT2D eigenvalue weighted by Crippen LogP contribution is -2.12. The molecular weight excluding hydrogens is 402 g/mol. The van der Waals surface area contributed by atoms with Gasteiger partial charge in [-0.1, -0.05) is 18.6 Å². The minimum absolute atomic E-state index is 0.340. The third-order valence-electron chi connectivity index (χ3n) is 5.46. The fraction of sp³-hybridized carbons (Fsp3) is 0.273. The highest BCUT2D eigenvalue weighted by atomic mass is 19.3. The van der Waals surface area contributed by atoms with E-state index in [2.05, 4.69) is 30.0 Å². The lowest BCUT2D eigenvalue weighted by Gasteiger charge is -2.09. The molecule has 0 fully saturated rings. The number of halogens is 2. The number of aromatic nitrogens is 5. The number of rotatable bonds is 4. The quantitative estimate of drug-likeness (QED) is 0.497. The van der Waals surface area contributed by atoms with E-state index in [0.29, 0.717) is 22.3 Å². The van der Waals surface area contributed by atoms with Gasteiger partial charge in [-0.2, -0.15) is 0 Å². The van der Waals surface area contributed by atoms with Crippen LogP contribution in [-0.4, -0.2) is 30.6 Å². The molecule has 3 heterocycles. The number of hydrogen-bond acceptors (Lipinski definition) is 4. The van der Waals surface area contributed by atoms with Crippen molar-refractivity contribution in [1.29, 1.82) is 0 Å². The number of H-pyrrole nitrogens is 1. The molecule has 0 unspecified atom stereocenters. The molecule has 0 atom stereocenters. The topological polar surface area (TPSA) is 88.5 Å². The molecule has 1 amide bonds. The number of imidazole rings is 1. The fourth-order valence-corrected chi connectivity index (χ4v) is 3.91. The van der Waals surface area contributed by atoms with Crippen LogP contribution in [0.3, 0.4) is 0 Å². The van der Waals surface area contributed by atoms with Crippen LogP contribution in [0.2, 0.25) is 0 Å². The Kier molecular flexibility index (Phi) is 4.93. The standard InChI is InChI=1S/C22H20F2N6O/c23-19(24)20-26-16-9-8-14(12-17(16)27-20)22(31)25-15-6-4-5-13(11-15)21-29-28-18-7-2-1-3-10-30(18)21/h4-6,8-9,11-12,19H,1-3,7,10H2,(H,25,31)(H,26,27). The van der Waals surface area contributed by atoms with Crippen molar-refractivity contribution in [3.8, 4) is 11.4 Å². The Labute approximate surface area is 176 Å². The fourth-order valence-electron chi connectivity index (χ4n) is 3.91. The number of aromatic amines is 1. The molecule has 1 aliphatic rings. The van der Waals surface area contributed by atoms with Gasteiger partial charge in [0.1, 0.15) is 5.82 Å². The maximum atomic E-state index is 12.8. The Morgan fingerprint density at radius 3 is 2.87 bits per heavy atom. The highest BCUT2D eigenvalue weighted by molar-refractivity contribution is 6.06. The van der Waals surface area contributed by atoms with Crippen molar-refractivity contribution in [3.63, 3.8) is 0 Å². The van der Waals surface area contributed by atoms with E-state index in [0.717, 1.165) is 43.0 Å². The zero-order valence-electron chi connectivity index (χ0n) is 16.6. The maximum Gasteiger partial charge on any atom is 0.295 e. The number of nitrogens with one attached hydrogen (secondary N) is 2. The Hall–Kier alpha value is -3.62. The summed E-state index contributed by atoms with van der Waals surface area (Å²) in [5.74, 6) is 1.05. The second kappa shape index (κ2) is 7.90.